The van der Waals surface area contributed by atoms with Crippen molar-refractivity contribution in [3.63, 3.8) is 0 Å². The van der Waals surface area contributed by atoms with Gasteiger partial charge in [0, 0.05) is 30.5 Å². The molecule has 0 unspecified atom stereocenters. The molecule has 11 heteroatoms. The number of H-pyrrole nitrogens is 1. The maximum atomic E-state index is 13.9. The van der Waals surface area contributed by atoms with Gasteiger partial charge in [0.2, 0.25) is 0 Å². The van der Waals surface area contributed by atoms with Crippen LogP contribution in [0, 0.1) is 0 Å². The summed E-state index contributed by atoms with van der Waals surface area (Å²) in [5, 5.41) is 8.21. The van der Waals surface area contributed by atoms with Crippen LogP contribution in [0.15, 0.2) is 52.5 Å². The molecular weight excluding hydrogens is 523 g/mol. The Hall–Kier alpha value is -2.82. The predicted octanol–water partition coefficient (Wildman–Crippen LogP) is 6.09. The number of alkyl halides is 3. The number of rotatable bonds is 8. The molecule has 0 saturated heterocycles. The van der Waals surface area contributed by atoms with E-state index in [1.54, 1.807) is 18.3 Å². The average molecular weight is 550 g/mol. The summed E-state index contributed by atoms with van der Waals surface area (Å²) < 4.78 is 41.7. The standard InChI is InChI=1S/C26H27ClF3N5OS/c1-4-35(5-2)11-10-34(3)25-32-24(36)23(37-25)20(16-7-9-22-18(12-16)15-31-33-22)13-17-6-8-19(27)14-21(17)26(28,29)30/h6-9,12,14-15H,4-5,10-11,13H2,1-3H3,(H,31,33). The normalized spacial score (nSPS) is 15.6. The first kappa shape index (κ1) is 27.2. The number of aromatic nitrogens is 2. The molecule has 37 heavy (non-hydrogen) atoms. The zero-order chi connectivity index (χ0) is 26.7. The lowest BCUT2D eigenvalue weighted by Crippen LogP contribution is -2.34. The number of hydrogen-bond donors (Lipinski definition) is 1. The summed E-state index contributed by atoms with van der Waals surface area (Å²) in [5.74, 6) is -0.459. The fourth-order valence-corrected chi connectivity index (χ4v) is 5.35. The van der Waals surface area contributed by atoms with E-state index in [9.17, 15) is 18.0 Å². The lowest BCUT2D eigenvalue weighted by molar-refractivity contribution is -0.138. The van der Waals surface area contributed by atoms with Crippen LogP contribution in [0.1, 0.15) is 30.5 Å². The lowest BCUT2D eigenvalue weighted by atomic mass is 9.93. The second-order valence-electron chi connectivity index (χ2n) is 8.71. The number of aliphatic imine (C=N–C) groups is 1. The zero-order valence-corrected chi connectivity index (χ0v) is 22.3. The second kappa shape index (κ2) is 11.3. The van der Waals surface area contributed by atoms with Crippen molar-refractivity contribution >= 4 is 50.9 Å². The SMILES string of the molecule is CCN(CC)CCN(C)C1=NC(=O)C(=C(Cc2ccc(Cl)cc2C(F)(F)F)c2ccc3[nH]ncc3c2)S1. The van der Waals surface area contributed by atoms with Gasteiger partial charge in [0.05, 0.1) is 22.2 Å². The summed E-state index contributed by atoms with van der Waals surface area (Å²) >= 11 is 7.10. The van der Waals surface area contributed by atoms with Crippen molar-refractivity contribution in [1.82, 2.24) is 20.0 Å². The molecule has 1 aromatic heterocycles. The number of likely N-dealkylation sites (N-methyl/N-ethyl adjacent to an activating group) is 2. The van der Waals surface area contributed by atoms with Crippen LogP contribution in [0.5, 0.6) is 0 Å². The van der Waals surface area contributed by atoms with Crippen molar-refractivity contribution in [2.45, 2.75) is 26.4 Å². The maximum Gasteiger partial charge on any atom is 0.416 e. The van der Waals surface area contributed by atoms with E-state index in [1.807, 2.05) is 18.0 Å². The van der Waals surface area contributed by atoms with Gasteiger partial charge in [-0.2, -0.15) is 23.3 Å². The number of carbonyl (C=O) groups is 1. The highest BCUT2D eigenvalue weighted by Crippen LogP contribution is 2.40. The van der Waals surface area contributed by atoms with E-state index in [1.165, 1.54) is 23.9 Å². The Morgan fingerprint density at radius 1 is 1.11 bits per heavy atom. The van der Waals surface area contributed by atoms with Gasteiger partial charge >= 0.3 is 6.18 Å². The Kier molecular flexibility index (Phi) is 8.30. The van der Waals surface area contributed by atoms with Crippen LogP contribution in [0.25, 0.3) is 16.5 Å². The largest absolute Gasteiger partial charge is 0.416 e. The van der Waals surface area contributed by atoms with E-state index in [0.717, 1.165) is 36.6 Å². The monoisotopic (exact) mass is 549 g/mol. The number of nitrogens with one attached hydrogen (secondary N) is 1. The fraction of sp³-hybridized carbons (Fsp3) is 0.346. The van der Waals surface area contributed by atoms with Crippen molar-refractivity contribution in [3.05, 3.63) is 69.2 Å². The molecule has 0 atom stereocenters. The fourth-order valence-electron chi connectivity index (χ4n) is 4.18. The van der Waals surface area contributed by atoms with E-state index < -0.39 is 17.6 Å². The Bertz CT molecular complexity index is 1360. The lowest BCUT2D eigenvalue weighted by Gasteiger charge is -2.23. The first-order valence-corrected chi connectivity index (χ1v) is 13.1. The summed E-state index contributed by atoms with van der Waals surface area (Å²) in [4.78, 5) is 21.9. The number of benzene rings is 2. The van der Waals surface area contributed by atoms with Gasteiger partial charge in [-0.25, -0.2) is 0 Å². The zero-order valence-electron chi connectivity index (χ0n) is 20.7. The van der Waals surface area contributed by atoms with Crippen molar-refractivity contribution in [3.8, 4) is 0 Å². The molecule has 2 heterocycles. The van der Waals surface area contributed by atoms with Crippen molar-refractivity contribution in [2.24, 2.45) is 4.99 Å². The highest BCUT2D eigenvalue weighted by molar-refractivity contribution is 8.18. The van der Waals surface area contributed by atoms with Gasteiger partial charge in [0.25, 0.3) is 5.91 Å². The predicted molar refractivity (Wildman–Crippen MR) is 144 cm³/mol. The number of hydrogen-bond acceptors (Lipinski definition) is 5. The highest BCUT2D eigenvalue weighted by Gasteiger charge is 2.35. The number of amides is 1. The first-order valence-electron chi connectivity index (χ1n) is 11.9. The summed E-state index contributed by atoms with van der Waals surface area (Å²) in [6, 6.07) is 9.12. The average Bonchev–Trinajstić information content (AvgIpc) is 3.49. The Labute approximate surface area is 222 Å². The Balaban J connectivity index is 1.73. The van der Waals surface area contributed by atoms with Crippen LogP contribution in [0.2, 0.25) is 5.02 Å². The van der Waals surface area contributed by atoms with Gasteiger partial charge in [0.15, 0.2) is 5.17 Å². The Morgan fingerprint density at radius 2 is 1.86 bits per heavy atom. The molecule has 0 fully saturated rings. The molecule has 0 saturated carbocycles. The molecule has 2 aromatic carbocycles. The van der Waals surface area contributed by atoms with Crippen molar-refractivity contribution in [1.29, 1.82) is 0 Å². The highest BCUT2D eigenvalue weighted by atomic mass is 35.5. The van der Waals surface area contributed by atoms with E-state index in [-0.39, 0.29) is 17.0 Å². The molecule has 4 rings (SSSR count). The van der Waals surface area contributed by atoms with E-state index in [2.05, 4.69) is 33.9 Å². The van der Waals surface area contributed by atoms with Crippen LogP contribution < -0.4 is 0 Å². The molecular formula is C26H27ClF3N5OS. The van der Waals surface area contributed by atoms with Crippen LogP contribution in [0.4, 0.5) is 13.2 Å². The van der Waals surface area contributed by atoms with Crippen LogP contribution in [-0.2, 0) is 17.4 Å². The van der Waals surface area contributed by atoms with Gasteiger partial charge in [-0.3, -0.25) is 9.89 Å². The van der Waals surface area contributed by atoms with Gasteiger partial charge in [0.1, 0.15) is 0 Å². The quantitative estimate of drug-likeness (QED) is 0.344. The third-order valence-corrected chi connectivity index (χ3v) is 7.81. The number of amidine groups is 1. The van der Waals surface area contributed by atoms with Crippen LogP contribution >= 0.6 is 23.4 Å². The van der Waals surface area contributed by atoms with Gasteiger partial charge in [-0.1, -0.05) is 37.6 Å². The molecule has 1 N–H and O–H groups in total. The van der Waals surface area contributed by atoms with Gasteiger partial charge < -0.3 is 9.80 Å². The smallest absolute Gasteiger partial charge is 0.353 e. The minimum atomic E-state index is -4.59. The molecule has 196 valence electrons. The van der Waals surface area contributed by atoms with Crippen LogP contribution in [-0.4, -0.2) is 64.3 Å². The number of carbonyl (C=O) groups excluding carboxylic acids is 1. The van der Waals surface area contributed by atoms with Crippen LogP contribution in [0.3, 0.4) is 0 Å². The molecule has 0 aliphatic carbocycles. The molecule has 0 spiro atoms. The number of aromatic amines is 1. The number of fused-ring (bicyclic) bond motifs is 1. The summed E-state index contributed by atoms with van der Waals surface area (Å²) in [6.45, 7) is 7.48. The Morgan fingerprint density at radius 3 is 2.57 bits per heavy atom. The molecule has 3 aromatic rings. The number of nitrogens with zero attached hydrogens (tertiary/aromatic N) is 4. The third kappa shape index (κ3) is 6.19. The molecule has 6 nitrogen and oxygen atoms in total. The minimum Gasteiger partial charge on any atom is -0.353 e. The molecule has 1 aliphatic heterocycles. The summed E-state index contributed by atoms with van der Waals surface area (Å²) in [5.41, 5.74) is 1.10. The van der Waals surface area contributed by atoms with E-state index in [0.29, 0.717) is 27.8 Å². The van der Waals surface area contributed by atoms with E-state index in [4.69, 9.17) is 11.6 Å². The summed E-state index contributed by atoms with van der Waals surface area (Å²) in [7, 11) is 1.86. The van der Waals surface area contributed by atoms with Gasteiger partial charge in [-0.05, 0) is 72.2 Å². The van der Waals surface area contributed by atoms with Crippen molar-refractivity contribution in [2.75, 3.05) is 33.2 Å². The third-order valence-electron chi connectivity index (χ3n) is 6.36. The topological polar surface area (TPSA) is 64.6 Å². The minimum absolute atomic E-state index is 0.00291. The first-order chi connectivity index (χ1) is 17.6. The summed E-state index contributed by atoms with van der Waals surface area (Å²) in [6.07, 6.45) is -3.07. The molecule has 0 radical (unpaired) electrons. The molecule has 0 bridgehead atoms. The molecule has 1 aliphatic rings. The van der Waals surface area contributed by atoms with Crippen molar-refractivity contribution < 1.29 is 18.0 Å². The van der Waals surface area contributed by atoms with Gasteiger partial charge in [-0.15, -0.1) is 0 Å². The number of thioether (sulfide) groups is 1. The van der Waals surface area contributed by atoms with E-state index >= 15 is 0 Å². The number of allylic oxidation sites excluding steroid dienone is 1. The maximum absolute atomic E-state index is 13.9. The molecule has 1 amide bonds. The second-order valence-corrected chi connectivity index (χ2v) is 10.1. The number of halogens is 4.